The van der Waals surface area contributed by atoms with Gasteiger partial charge in [0.1, 0.15) is 39.1 Å². The molecule has 2 aromatic carbocycles. The average molecular weight is 564 g/mol. The van der Waals surface area contributed by atoms with Gasteiger partial charge in [0.15, 0.2) is 0 Å². The standard InChI is InChI=1S/C10H13N3O.C10H14O.C9H12N4O.C2H6/c1-10(2,3)14-13-9-7-5-4-6-8(9)11-12-13;1-10(2,3)11-9-7-5-4-6-8-9;1-9(2,3)14-13-8-7(11-12-13)5-4-6-10-8;1-2/h4-7H,1-3H3;4-8H,1-3H3;4-6H,1-3H3;1-2H3. The molecule has 0 saturated carbocycles. The van der Waals surface area contributed by atoms with E-state index in [1.54, 1.807) is 6.20 Å². The van der Waals surface area contributed by atoms with Crippen molar-refractivity contribution in [3.05, 3.63) is 72.9 Å². The van der Waals surface area contributed by atoms with Gasteiger partial charge in [-0.15, -0.1) is 10.2 Å². The molecule has 222 valence electrons. The summed E-state index contributed by atoms with van der Waals surface area (Å²) in [6.45, 7) is 21.9. The highest BCUT2D eigenvalue weighted by Gasteiger charge is 2.16. The Balaban J connectivity index is 0.000000210. The fourth-order valence-electron chi connectivity index (χ4n) is 3.08. The highest BCUT2D eigenvalue weighted by molar-refractivity contribution is 5.73. The first-order chi connectivity index (χ1) is 19.2. The minimum Gasteiger partial charge on any atom is -0.488 e. The van der Waals surface area contributed by atoms with Gasteiger partial charge in [0.2, 0.25) is 5.65 Å². The molecule has 0 atom stereocenters. The highest BCUT2D eigenvalue weighted by Crippen LogP contribution is 2.16. The lowest BCUT2D eigenvalue weighted by atomic mass is 10.2. The summed E-state index contributed by atoms with van der Waals surface area (Å²) in [6, 6.07) is 21.2. The zero-order valence-corrected chi connectivity index (χ0v) is 26.3. The number of nitrogens with zero attached hydrogens (tertiary/aromatic N) is 7. The van der Waals surface area contributed by atoms with Crippen LogP contribution in [-0.4, -0.2) is 52.1 Å². The molecular formula is C31H45N7O3. The van der Waals surface area contributed by atoms with Gasteiger partial charge in [0.25, 0.3) is 0 Å². The number of fused-ring (bicyclic) bond motifs is 2. The largest absolute Gasteiger partial charge is 0.488 e. The lowest BCUT2D eigenvalue weighted by molar-refractivity contribution is -0.0304. The molecule has 0 aliphatic heterocycles. The van der Waals surface area contributed by atoms with Gasteiger partial charge in [0, 0.05) is 6.20 Å². The van der Waals surface area contributed by atoms with E-state index in [0.717, 1.165) is 22.3 Å². The van der Waals surface area contributed by atoms with Gasteiger partial charge in [-0.2, -0.15) is 0 Å². The first-order valence-corrected chi connectivity index (χ1v) is 13.8. The summed E-state index contributed by atoms with van der Waals surface area (Å²) >= 11 is 0. The van der Waals surface area contributed by atoms with E-state index < -0.39 is 0 Å². The molecule has 0 bridgehead atoms. The zero-order valence-electron chi connectivity index (χ0n) is 26.3. The molecule has 10 nitrogen and oxygen atoms in total. The van der Waals surface area contributed by atoms with Crippen LogP contribution in [0.4, 0.5) is 0 Å². The molecule has 0 spiro atoms. The molecule has 0 unspecified atom stereocenters. The van der Waals surface area contributed by atoms with Crippen molar-refractivity contribution >= 4 is 22.2 Å². The van der Waals surface area contributed by atoms with Crippen molar-refractivity contribution in [3.63, 3.8) is 0 Å². The van der Waals surface area contributed by atoms with E-state index in [1.807, 2.05) is 143 Å². The van der Waals surface area contributed by atoms with Gasteiger partial charge in [-0.25, -0.2) is 4.98 Å². The molecule has 5 aromatic rings. The van der Waals surface area contributed by atoms with Crippen molar-refractivity contribution in [2.45, 2.75) is 93.0 Å². The Bertz CT molecular complexity index is 1360. The smallest absolute Gasteiger partial charge is 0.219 e. The van der Waals surface area contributed by atoms with Crippen LogP contribution in [0.1, 0.15) is 76.2 Å². The summed E-state index contributed by atoms with van der Waals surface area (Å²) in [5.74, 6) is 0.931. The Morgan fingerprint density at radius 2 is 1.07 bits per heavy atom. The van der Waals surface area contributed by atoms with E-state index in [0.29, 0.717) is 5.65 Å². The number of hydrogen-bond acceptors (Lipinski definition) is 8. The van der Waals surface area contributed by atoms with E-state index in [4.69, 9.17) is 14.4 Å². The van der Waals surface area contributed by atoms with Crippen LogP contribution in [0.5, 0.6) is 5.75 Å². The number of aromatic nitrogens is 7. The average Bonchev–Trinajstić information content (AvgIpc) is 3.48. The first-order valence-electron chi connectivity index (χ1n) is 13.8. The molecule has 3 heterocycles. The monoisotopic (exact) mass is 563 g/mol. The van der Waals surface area contributed by atoms with Crippen molar-refractivity contribution in [2.75, 3.05) is 0 Å². The molecule has 0 N–H and O–H groups in total. The lowest BCUT2D eigenvalue weighted by Crippen LogP contribution is -2.32. The molecule has 41 heavy (non-hydrogen) atoms. The summed E-state index contributed by atoms with van der Waals surface area (Å²) in [6.07, 6.45) is 1.69. The molecule has 0 amide bonds. The number of pyridine rings is 1. The Kier molecular flexibility index (Phi) is 11.6. The van der Waals surface area contributed by atoms with Gasteiger partial charge in [0.05, 0.1) is 0 Å². The van der Waals surface area contributed by atoms with Crippen LogP contribution in [0.3, 0.4) is 0 Å². The lowest BCUT2D eigenvalue weighted by Gasteiger charge is -2.20. The first kappa shape index (κ1) is 33.0. The molecule has 0 radical (unpaired) electrons. The maximum atomic E-state index is 5.60. The topological polar surface area (TPSA) is 102 Å². The van der Waals surface area contributed by atoms with Gasteiger partial charge >= 0.3 is 0 Å². The van der Waals surface area contributed by atoms with Crippen LogP contribution in [-0.2, 0) is 0 Å². The Morgan fingerprint density at radius 3 is 1.68 bits per heavy atom. The Morgan fingerprint density at radius 1 is 0.561 bits per heavy atom. The number of para-hydroxylation sites is 2. The minimum atomic E-state index is -0.307. The van der Waals surface area contributed by atoms with Crippen molar-refractivity contribution in [2.24, 2.45) is 0 Å². The summed E-state index contributed by atoms with van der Waals surface area (Å²) in [4.78, 5) is 18.1. The summed E-state index contributed by atoms with van der Waals surface area (Å²) in [5.41, 5.74) is 2.44. The van der Waals surface area contributed by atoms with Crippen LogP contribution in [0.15, 0.2) is 72.9 Å². The molecule has 0 aliphatic carbocycles. The SMILES string of the molecule is CC.CC(C)(C)Oc1ccccc1.CC(C)(C)On1nnc2ccccc21.CC(C)(C)On1nnc2cccnc21. The Labute approximate surface area is 243 Å². The molecule has 5 rings (SSSR count). The minimum absolute atomic E-state index is 0.0959. The summed E-state index contributed by atoms with van der Waals surface area (Å²) < 4.78 is 5.60. The van der Waals surface area contributed by atoms with E-state index in [9.17, 15) is 0 Å². The molecular weight excluding hydrogens is 518 g/mol. The zero-order chi connectivity index (χ0) is 30.7. The second-order valence-electron chi connectivity index (χ2n) is 11.7. The van der Waals surface area contributed by atoms with Crippen LogP contribution >= 0.6 is 0 Å². The summed E-state index contributed by atoms with van der Waals surface area (Å²) in [7, 11) is 0. The third-order valence-corrected chi connectivity index (χ3v) is 4.39. The number of rotatable bonds is 3. The van der Waals surface area contributed by atoms with E-state index >= 15 is 0 Å². The van der Waals surface area contributed by atoms with Crippen LogP contribution in [0, 0.1) is 0 Å². The third-order valence-electron chi connectivity index (χ3n) is 4.39. The Hall–Kier alpha value is -4.21. The molecule has 10 heteroatoms. The molecule has 0 fully saturated rings. The fraction of sp³-hybridized carbons (Fsp3) is 0.452. The maximum absolute atomic E-state index is 5.60. The third kappa shape index (κ3) is 11.8. The predicted molar refractivity (Wildman–Crippen MR) is 164 cm³/mol. The number of hydrogen-bond donors (Lipinski definition) is 0. The predicted octanol–water partition coefficient (Wildman–Crippen LogP) is 6.60. The fourth-order valence-corrected chi connectivity index (χ4v) is 3.08. The van der Waals surface area contributed by atoms with Crippen LogP contribution < -0.4 is 14.4 Å². The van der Waals surface area contributed by atoms with Gasteiger partial charge < -0.3 is 14.4 Å². The second-order valence-corrected chi connectivity index (χ2v) is 11.7. The van der Waals surface area contributed by atoms with Crippen LogP contribution in [0.2, 0.25) is 0 Å². The van der Waals surface area contributed by atoms with Crippen molar-refractivity contribution < 1.29 is 14.4 Å². The number of ether oxygens (including phenoxy) is 1. The summed E-state index contributed by atoms with van der Waals surface area (Å²) in [5, 5.41) is 15.7. The molecule has 0 aliphatic rings. The quantitative estimate of drug-likeness (QED) is 0.242. The van der Waals surface area contributed by atoms with Gasteiger partial charge in [-0.05, 0) is 109 Å². The highest BCUT2D eigenvalue weighted by atomic mass is 16.7. The second kappa shape index (κ2) is 14.4. The van der Waals surface area contributed by atoms with Crippen LogP contribution in [0.25, 0.3) is 22.2 Å². The normalized spacial score (nSPS) is 11.3. The van der Waals surface area contributed by atoms with Crippen molar-refractivity contribution in [1.29, 1.82) is 0 Å². The number of benzene rings is 2. The van der Waals surface area contributed by atoms with Gasteiger partial charge in [-0.3, -0.25) is 0 Å². The van der Waals surface area contributed by atoms with E-state index in [-0.39, 0.29) is 16.8 Å². The molecule has 0 saturated heterocycles. The van der Waals surface area contributed by atoms with Gasteiger partial charge in [-0.1, -0.05) is 53.9 Å². The molecule has 3 aromatic heterocycles. The maximum Gasteiger partial charge on any atom is 0.219 e. The van der Waals surface area contributed by atoms with Crippen molar-refractivity contribution in [1.82, 2.24) is 35.3 Å². The van der Waals surface area contributed by atoms with E-state index in [1.165, 1.54) is 9.69 Å². The van der Waals surface area contributed by atoms with Crippen molar-refractivity contribution in [3.8, 4) is 5.75 Å². The van der Waals surface area contributed by atoms with E-state index in [2.05, 4.69) is 25.6 Å².